The number of carbonyl (C=O) groups is 3. The largest absolute Gasteiger partial charge is 0.459 e. The van der Waals surface area contributed by atoms with E-state index < -0.39 is 18.0 Å². The van der Waals surface area contributed by atoms with Crippen molar-refractivity contribution in [3.05, 3.63) is 22.5 Å². The first-order chi connectivity index (χ1) is 12.7. The average Bonchev–Trinajstić information content (AvgIpc) is 2.77. The molecule has 1 aliphatic rings. The van der Waals surface area contributed by atoms with Crippen molar-refractivity contribution in [3.8, 4) is 0 Å². The summed E-state index contributed by atoms with van der Waals surface area (Å²) in [6, 6.07) is 0. The maximum Gasteiger partial charge on any atom is 0.355 e. The molecular weight excluding hydrogens is 348 g/mol. The zero-order chi connectivity index (χ0) is 20.1. The maximum absolute atomic E-state index is 12.6. The SMILES string of the molecule is Cc1[nH]c(C(=O)O[C@@H](C)C(=O)N2CCCCCC2)c(C)c1C(=O)OC(C)C. The molecule has 1 saturated heterocycles. The Hall–Kier alpha value is -2.31. The van der Waals surface area contributed by atoms with E-state index in [9.17, 15) is 14.4 Å². The first kappa shape index (κ1) is 21.0. The highest BCUT2D eigenvalue weighted by Crippen LogP contribution is 2.21. The number of ether oxygens (including phenoxy) is 2. The monoisotopic (exact) mass is 378 g/mol. The molecule has 0 unspecified atom stereocenters. The molecule has 7 heteroatoms. The van der Waals surface area contributed by atoms with Crippen LogP contribution in [0.2, 0.25) is 0 Å². The lowest BCUT2D eigenvalue weighted by Crippen LogP contribution is -2.40. The van der Waals surface area contributed by atoms with Crippen molar-refractivity contribution in [1.82, 2.24) is 9.88 Å². The van der Waals surface area contributed by atoms with Crippen molar-refractivity contribution >= 4 is 17.8 Å². The number of carbonyl (C=O) groups excluding carboxylic acids is 3. The minimum Gasteiger partial charge on any atom is -0.459 e. The van der Waals surface area contributed by atoms with Gasteiger partial charge in [-0.15, -0.1) is 0 Å². The van der Waals surface area contributed by atoms with Crippen molar-refractivity contribution in [3.63, 3.8) is 0 Å². The van der Waals surface area contributed by atoms with E-state index in [0.717, 1.165) is 25.7 Å². The molecule has 1 amide bonds. The molecule has 27 heavy (non-hydrogen) atoms. The van der Waals surface area contributed by atoms with Crippen LogP contribution < -0.4 is 0 Å². The lowest BCUT2D eigenvalue weighted by molar-refractivity contribution is -0.139. The minimum absolute atomic E-state index is 0.175. The summed E-state index contributed by atoms with van der Waals surface area (Å²) in [5.41, 5.74) is 1.52. The van der Waals surface area contributed by atoms with Crippen LogP contribution in [-0.4, -0.2) is 53.0 Å². The number of aryl methyl sites for hydroxylation is 1. The predicted molar refractivity (Wildman–Crippen MR) is 101 cm³/mol. The van der Waals surface area contributed by atoms with Gasteiger partial charge < -0.3 is 19.4 Å². The van der Waals surface area contributed by atoms with Gasteiger partial charge in [0, 0.05) is 18.8 Å². The van der Waals surface area contributed by atoms with Gasteiger partial charge in [-0.3, -0.25) is 4.79 Å². The molecule has 1 N–H and O–H groups in total. The summed E-state index contributed by atoms with van der Waals surface area (Å²) in [5, 5.41) is 0. The highest BCUT2D eigenvalue weighted by atomic mass is 16.6. The Bertz CT molecular complexity index is 699. The Morgan fingerprint density at radius 1 is 0.926 bits per heavy atom. The number of hydrogen-bond donors (Lipinski definition) is 1. The number of nitrogens with zero attached hydrogens (tertiary/aromatic N) is 1. The number of nitrogens with one attached hydrogen (secondary N) is 1. The molecule has 0 aliphatic carbocycles. The van der Waals surface area contributed by atoms with Crippen molar-refractivity contribution in [1.29, 1.82) is 0 Å². The van der Waals surface area contributed by atoms with Gasteiger partial charge in [0.05, 0.1) is 11.7 Å². The fraction of sp³-hybridized carbons (Fsp3) is 0.650. The highest BCUT2D eigenvalue weighted by Gasteiger charge is 2.28. The third kappa shape index (κ3) is 5.11. The molecule has 0 aromatic carbocycles. The Morgan fingerprint density at radius 2 is 1.52 bits per heavy atom. The quantitative estimate of drug-likeness (QED) is 0.795. The number of aromatic amines is 1. The van der Waals surface area contributed by atoms with Gasteiger partial charge in [-0.25, -0.2) is 9.59 Å². The molecule has 0 bridgehead atoms. The summed E-state index contributed by atoms with van der Waals surface area (Å²) in [4.78, 5) is 42.0. The van der Waals surface area contributed by atoms with Crippen molar-refractivity contribution < 1.29 is 23.9 Å². The summed E-state index contributed by atoms with van der Waals surface area (Å²) in [6.07, 6.45) is 3.06. The lowest BCUT2D eigenvalue weighted by atomic mass is 10.1. The van der Waals surface area contributed by atoms with Gasteiger partial charge in [0.15, 0.2) is 6.10 Å². The van der Waals surface area contributed by atoms with Gasteiger partial charge in [-0.05, 0) is 53.0 Å². The maximum atomic E-state index is 12.6. The minimum atomic E-state index is -0.871. The number of rotatable bonds is 5. The van der Waals surface area contributed by atoms with Crippen LogP contribution in [0.5, 0.6) is 0 Å². The fourth-order valence-corrected chi connectivity index (χ4v) is 3.35. The Balaban J connectivity index is 2.09. The van der Waals surface area contributed by atoms with E-state index in [1.165, 1.54) is 0 Å². The smallest absolute Gasteiger partial charge is 0.355 e. The Morgan fingerprint density at radius 3 is 2.07 bits per heavy atom. The molecule has 2 heterocycles. The number of hydrogen-bond acceptors (Lipinski definition) is 5. The van der Waals surface area contributed by atoms with Crippen LogP contribution in [0.4, 0.5) is 0 Å². The van der Waals surface area contributed by atoms with Crippen LogP contribution in [-0.2, 0) is 14.3 Å². The van der Waals surface area contributed by atoms with Crippen LogP contribution in [0, 0.1) is 13.8 Å². The summed E-state index contributed by atoms with van der Waals surface area (Å²) < 4.78 is 10.6. The van der Waals surface area contributed by atoms with Gasteiger partial charge in [-0.2, -0.15) is 0 Å². The van der Waals surface area contributed by atoms with E-state index in [2.05, 4.69) is 4.98 Å². The molecule has 1 aromatic rings. The summed E-state index contributed by atoms with van der Waals surface area (Å²) in [5.74, 6) is -1.30. The summed E-state index contributed by atoms with van der Waals surface area (Å²) in [6.45, 7) is 9.88. The molecule has 7 nitrogen and oxygen atoms in total. The predicted octanol–water partition coefficient (Wildman–Crippen LogP) is 3.14. The summed E-state index contributed by atoms with van der Waals surface area (Å²) >= 11 is 0. The average molecular weight is 378 g/mol. The van der Waals surface area contributed by atoms with E-state index in [1.807, 2.05) is 0 Å². The zero-order valence-corrected chi connectivity index (χ0v) is 16.9. The third-order valence-electron chi connectivity index (χ3n) is 4.74. The molecule has 1 aromatic heterocycles. The van der Waals surface area contributed by atoms with Gasteiger partial charge in [0.2, 0.25) is 0 Å². The van der Waals surface area contributed by atoms with Crippen molar-refractivity contribution in [2.24, 2.45) is 0 Å². The van der Waals surface area contributed by atoms with Crippen molar-refractivity contribution in [2.75, 3.05) is 13.1 Å². The Labute approximate surface area is 160 Å². The summed E-state index contributed by atoms with van der Waals surface area (Å²) in [7, 11) is 0. The van der Waals surface area contributed by atoms with Gasteiger partial charge in [0.25, 0.3) is 5.91 Å². The second-order valence-electron chi connectivity index (χ2n) is 7.37. The third-order valence-corrected chi connectivity index (χ3v) is 4.74. The standard InChI is InChI=1S/C20H30N2O5/c1-12(2)26-19(24)16-13(3)17(21-14(16)4)20(25)27-15(5)18(23)22-10-8-6-7-9-11-22/h12,15,21H,6-11H2,1-5H3/t15-/m0/s1. The van der Waals surface area contributed by atoms with E-state index in [-0.39, 0.29) is 17.7 Å². The van der Waals surface area contributed by atoms with Crippen LogP contribution >= 0.6 is 0 Å². The topological polar surface area (TPSA) is 88.7 Å². The molecule has 1 fully saturated rings. The lowest BCUT2D eigenvalue weighted by Gasteiger charge is -2.23. The molecule has 2 rings (SSSR count). The normalized spacial score (nSPS) is 16.0. The zero-order valence-electron chi connectivity index (χ0n) is 16.9. The second-order valence-corrected chi connectivity index (χ2v) is 7.37. The first-order valence-electron chi connectivity index (χ1n) is 9.62. The van der Waals surface area contributed by atoms with Gasteiger partial charge in [-0.1, -0.05) is 12.8 Å². The van der Waals surface area contributed by atoms with Gasteiger partial charge in [0.1, 0.15) is 5.69 Å². The molecule has 150 valence electrons. The van der Waals surface area contributed by atoms with Gasteiger partial charge >= 0.3 is 11.9 Å². The van der Waals surface area contributed by atoms with Crippen LogP contribution in [0.25, 0.3) is 0 Å². The number of amides is 1. The fourth-order valence-electron chi connectivity index (χ4n) is 3.35. The number of esters is 2. The van der Waals surface area contributed by atoms with Crippen molar-refractivity contribution in [2.45, 2.75) is 72.5 Å². The number of aromatic nitrogens is 1. The van der Waals surface area contributed by atoms with E-state index >= 15 is 0 Å². The van der Waals surface area contributed by atoms with Crippen LogP contribution in [0.15, 0.2) is 0 Å². The molecule has 1 aliphatic heterocycles. The van der Waals surface area contributed by atoms with Crippen LogP contribution in [0.3, 0.4) is 0 Å². The van der Waals surface area contributed by atoms with E-state index in [0.29, 0.717) is 29.9 Å². The first-order valence-corrected chi connectivity index (χ1v) is 9.62. The Kier molecular flexibility index (Phi) is 7.05. The second kappa shape index (κ2) is 9.06. The molecule has 0 radical (unpaired) electrons. The molecular formula is C20H30N2O5. The molecule has 0 spiro atoms. The van der Waals surface area contributed by atoms with E-state index in [4.69, 9.17) is 9.47 Å². The molecule has 0 saturated carbocycles. The van der Waals surface area contributed by atoms with Crippen LogP contribution in [0.1, 0.15) is 78.6 Å². The number of likely N-dealkylation sites (tertiary alicyclic amines) is 1. The molecule has 1 atom stereocenters. The van der Waals surface area contributed by atoms with E-state index in [1.54, 1.807) is 39.5 Å². The number of H-pyrrole nitrogens is 1. The highest BCUT2D eigenvalue weighted by molar-refractivity contribution is 5.99.